The summed E-state index contributed by atoms with van der Waals surface area (Å²) >= 11 is 1.52. The number of benzene rings is 1. The number of sulfonamides is 1. The van der Waals surface area contributed by atoms with Crippen LogP contribution in [0.1, 0.15) is 16.1 Å². The van der Waals surface area contributed by atoms with Gasteiger partial charge >= 0.3 is 0 Å². The molecule has 25 heavy (non-hydrogen) atoms. The number of hydrogen-bond donors (Lipinski definition) is 0. The van der Waals surface area contributed by atoms with E-state index in [0.29, 0.717) is 31.9 Å². The van der Waals surface area contributed by atoms with Crippen LogP contribution in [0.25, 0.3) is 0 Å². The van der Waals surface area contributed by atoms with Crippen molar-refractivity contribution in [2.45, 2.75) is 25.7 Å². The first-order chi connectivity index (χ1) is 11.8. The van der Waals surface area contributed by atoms with Crippen molar-refractivity contribution in [1.82, 2.24) is 14.5 Å². The van der Waals surface area contributed by atoms with Crippen molar-refractivity contribution in [3.63, 3.8) is 0 Å². The Labute approximate surface area is 152 Å². The van der Waals surface area contributed by atoms with Gasteiger partial charge in [-0.05, 0) is 44.0 Å². The Morgan fingerprint density at radius 3 is 2.24 bits per heavy atom. The van der Waals surface area contributed by atoms with E-state index in [0.717, 1.165) is 21.3 Å². The predicted molar refractivity (Wildman–Crippen MR) is 98.1 cm³/mol. The van der Waals surface area contributed by atoms with Gasteiger partial charge in [-0.15, -0.1) is 10.2 Å². The fourth-order valence-electron chi connectivity index (χ4n) is 2.80. The monoisotopic (exact) mass is 382 g/mol. The molecule has 0 amide bonds. The van der Waals surface area contributed by atoms with Gasteiger partial charge < -0.3 is 9.64 Å². The van der Waals surface area contributed by atoms with Gasteiger partial charge in [0.05, 0.1) is 7.11 Å². The molecule has 0 N–H and O–H groups in total. The third-order valence-corrected chi connectivity index (χ3v) is 7.24. The molecule has 7 nitrogen and oxygen atoms in total. The van der Waals surface area contributed by atoms with Crippen molar-refractivity contribution < 1.29 is 13.2 Å². The molecule has 9 heteroatoms. The minimum atomic E-state index is -3.60. The first-order valence-electron chi connectivity index (χ1n) is 8.03. The summed E-state index contributed by atoms with van der Waals surface area (Å²) in [6, 6.07) is 3.48. The number of anilines is 1. The van der Waals surface area contributed by atoms with Gasteiger partial charge in [-0.2, -0.15) is 4.31 Å². The molecule has 0 spiro atoms. The third-order valence-electron chi connectivity index (χ3n) is 4.42. The normalized spacial score (nSPS) is 16.2. The second-order valence-corrected chi connectivity index (χ2v) is 9.15. The second kappa shape index (κ2) is 6.89. The molecule has 0 aliphatic carbocycles. The highest BCUT2D eigenvalue weighted by atomic mass is 32.2. The van der Waals surface area contributed by atoms with Crippen LogP contribution < -0.4 is 9.64 Å². The highest BCUT2D eigenvalue weighted by Gasteiger charge is 2.32. The lowest BCUT2D eigenvalue weighted by Crippen LogP contribution is -2.48. The Morgan fingerprint density at radius 1 is 1.04 bits per heavy atom. The highest BCUT2D eigenvalue weighted by Crippen LogP contribution is 2.31. The van der Waals surface area contributed by atoms with E-state index < -0.39 is 10.0 Å². The first-order valence-corrected chi connectivity index (χ1v) is 10.3. The SMILES string of the molecule is COc1cc(C)c(C)cc1S(=O)(=O)N1CCN(c2nnc(C)s2)CC1. The Kier molecular flexibility index (Phi) is 4.99. The molecule has 1 aliphatic heterocycles. The molecule has 0 radical (unpaired) electrons. The molecule has 0 bridgehead atoms. The maximum absolute atomic E-state index is 13.1. The van der Waals surface area contributed by atoms with Crippen LogP contribution in [-0.2, 0) is 10.0 Å². The Bertz CT molecular complexity index is 872. The summed E-state index contributed by atoms with van der Waals surface area (Å²) in [4.78, 5) is 2.31. The molecule has 2 aromatic rings. The number of rotatable bonds is 4. The number of methoxy groups -OCH3 is 1. The number of ether oxygens (including phenoxy) is 1. The lowest BCUT2D eigenvalue weighted by atomic mass is 10.1. The minimum absolute atomic E-state index is 0.235. The zero-order valence-electron chi connectivity index (χ0n) is 14.8. The van der Waals surface area contributed by atoms with Crippen molar-refractivity contribution in [3.05, 3.63) is 28.3 Å². The van der Waals surface area contributed by atoms with Crippen LogP contribution >= 0.6 is 11.3 Å². The summed E-state index contributed by atoms with van der Waals surface area (Å²) in [6.45, 7) is 7.78. The summed E-state index contributed by atoms with van der Waals surface area (Å²) in [5, 5.41) is 9.92. The quantitative estimate of drug-likeness (QED) is 0.805. The van der Waals surface area contributed by atoms with E-state index in [4.69, 9.17) is 4.74 Å². The summed E-state index contributed by atoms with van der Waals surface area (Å²) in [6.07, 6.45) is 0. The molecule has 3 rings (SSSR count). The van der Waals surface area contributed by atoms with Crippen LogP contribution in [0.3, 0.4) is 0 Å². The fraction of sp³-hybridized carbons (Fsp3) is 0.500. The van der Waals surface area contributed by atoms with Gasteiger partial charge in [-0.3, -0.25) is 0 Å². The maximum atomic E-state index is 13.1. The third kappa shape index (κ3) is 3.49. The largest absolute Gasteiger partial charge is 0.495 e. The molecule has 0 atom stereocenters. The average Bonchev–Trinajstić information content (AvgIpc) is 3.03. The molecule has 136 valence electrons. The number of aryl methyl sites for hydroxylation is 3. The standard InChI is InChI=1S/C16H22N4O3S2/c1-11-9-14(23-4)15(10-12(11)2)25(21,22)20-7-5-19(6-8-20)16-18-17-13(3)24-16/h9-10H,5-8H2,1-4H3. The van der Waals surface area contributed by atoms with Gasteiger partial charge in [0.2, 0.25) is 15.2 Å². The summed E-state index contributed by atoms with van der Waals surface area (Å²) in [5.74, 6) is 0.394. The van der Waals surface area contributed by atoms with Crippen molar-refractivity contribution >= 4 is 26.5 Å². The van der Waals surface area contributed by atoms with E-state index in [9.17, 15) is 8.42 Å². The van der Waals surface area contributed by atoms with E-state index >= 15 is 0 Å². The van der Waals surface area contributed by atoms with Crippen LogP contribution in [0, 0.1) is 20.8 Å². The second-order valence-electron chi connectivity index (χ2n) is 6.08. The topological polar surface area (TPSA) is 75.6 Å². The Morgan fingerprint density at radius 2 is 1.68 bits per heavy atom. The van der Waals surface area contributed by atoms with Gasteiger partial charge in [0.1, 0.15) is 15.7 Å². The molecule has 2 heterocycles. The summed E-state index contributed by atoms with van der Waals surface area (Å²) in [5.41, 5.74) is 1.94. The van der Waals surface area contributed by atoms with Crippen molar-refractivity contribution in [2.24, 2.45) is 0 Å². The van der Waals surface area contributed by atoms with Gasteiger partial charge in [-0.1, -0.05) is 11.3 Å². The number of nitrogens with zero attached hydrogens (tertiary/aromatic N) is 4. The Hall–Kier alpha value is -1.71. The van der Waals surface area contributed by atoms with Gasteiger partial charge in [-0.25, -0.2) is 8.42 Å². The zero-order valence-corrected chi connectivity index (χ0v) is 16.4. The lowest BCUT2D eigenvalue weighted by molar-refractivity contribution is 0.374. The molecule has 0 saturated carbocycles. The van der Waals surface area contributed by atoms with Gasteiger partial charge in [0.25, 0.3) is 0 Å². The highest BCUT2D eigenvalue weighted by molar-refractivity contribution is 7.89. The van der Waals surface area contributed by atoms with Crippen molar-refractivity contribution in [3.8, 4) is 5.75 Å². The first kappa shape index (κ1) is 18.1. The molecular formula is C16H22N4O3S2. The molecule has 1 aromatic heterocycles. The lowest BCUT2D eigenvalue weighted by Gasteiger charge is -2.33. The molecule has 1 fully saturated rings. The summed E-state index contributed by atoms with van der Waals surface area (Å²) in [7, 11) is -2.10. The van der Waals surface area contributed by atoms with Crippen molar-refractivity contribution in [2.75, 3.05) is 38.2 Å². The van der Waals surface area contributed by atoms with Gasteiger partial charge in [0, 0.05) is 26.2 Å². The average molecular weight is 383 g/mol. The van der Waals surface area contributed by atoms with Crippen molar-refractivity contribution in [1.29, 1.82) is 0 Å². The van der Waals surface area contributed by atoms with Gasteiger partial charge in [0.15, 0.2) is 0 Å². The number of piperazine rings is 1. The van der Waals surface area contributed by atoms with Crippen LogP contribution in [-0.4, -0.2) is 56.2 Å². The maximum Gasteiger partial charge on any atom is 0.246 e. The fourth-order valence-corrected chi connectivity index (χ4v) is 5.18. The number of hydrogen-bond acceptors (Lipinski definition) is 7. The van der Waals surface area contributed by atoms with E-state index in [2.05, 4.69) is 15.1 Å². The van der Waals surface area contributed by atoms with Crippen LogP contribution in [0.4, 0.5) is 5.13 Å². The van der Waals surface area contributed by atoms with Crippen LogP contribution in [0.15, 0.2) is 17.0 Å². The van der Waals surface area contributed by atoms with E-state index in [1.54, 1.807) is 12.1 Å². The molecule has 1 aromatic carbocycles. The molecule has 0 unspecified atom stereocenters. The number of aromatic nitrogens is 2. The Balaban J connectivity index is 1.82. The van der Waals surface area contributed by atoms with Crippen LogP contribution in [0.2, 0.25) is 0 Å². The molecule has 1 aliphatic rings. The smallest absolute Gasteiger partial charge is 0.246 e. The molecule has 1 saturated heterocycles. The van der Waals surface area contributed by atoms with E-state index in [-0.39, 0.29) is 4.90 Å². The predicted octanol–water partition coefficient (Wildman–Crippen LogP) is 1.98. The van der Waals surface area contributed by atoms with E-state index in [1.165, 1.54) is 22.8 Å². The summed E-state index contributed by atoms with van der Waals surface area (Å²) < 4.78 is 33.0. The van der Waals surface area contributed by atoms with Crippen LogP contribution in [0.5, 0.6) is 5.75 Å². The zero-order chi connectivity index (χ0) is 18.2. The minimum Gasteiger partial charge on any atom is -0.495 e. The molecular weight excluding hydrogens is 360 g/mol. The van der Waals surface area contributed by atoms with E-state index in [1.807, 2.05) is 20.8 Å².